The highest BCUT2D eigenvalue weighted by Crippen LogP contribution is 2.22. The fourth-order valence-electron chi connectivity index (χ4n) is 2.48. The normalized spacial score (nSPS) is 11.9. The molecule has 1 amide bonds. The Morgan fingerprint density at radius 1 is 1.09 bits per heavy atom. The van der Waals surface area contributed by atoms with Crippen molar-refractivity contribution in [1.82, 2.24) is 10.3 Å². The molecular weight excluding hydrogens is 288 g/mol. The van der Waals surface area contributed by atoms with Crippen molar-refractivity contribution in [1.29, 1.82) is 0 Å². The summed E-state index contributed by atoms with van der Waals surface area (Å²) in [4.78, 5) is 16.7. The van der Waals surface area contributed by atoms with Crippen LogP contribution in [0.4, 0.5) is 0 Å². The number of fused-ring (bicyclic) bond motifs is 1. The Morgan fingerprint density at radius 3 is 2.61 bits per heavy atom. The molecule has 116 valence electrons. The van der Waals surface area contributed by atoms with Crippen molar-refractivity contribution in [3.63, 3.8) is 0 Å². The van der Waals surface area contributed by atoms with E-state index in [9.17, 15) is 4.79 Å². The Kier molecular flexibility index (Phi) is 4.24. The van der Waals surface area contributed by atoms with Crippen LogP contribution in [0.25, 0.3) is 10.8 Å². The lowest BCUT2D eigenvalue weighted by Gasteiger charge is -2.13. The molecule has 0 bridgehead atoms. The molecule has 0 spiro atoms. The molecule has 0 fully saturated rings. The molecule has 2 aromatic carbocycles. The zero-order valence-corrected chi connectivity index (χ0v) is 13.1. The summed E-state index contributed by atoms with van der Waals surface area (Å²) in [7, 11) is 1.64. The number of benzene rings is 2. The van der Waals surface area contributed by atoms with Crippen molar-refractivity contribution >= 4 is 16.7 Å². The molecule has 1 unspecified atom stereocenters. The van der Waals surface area contributed by atoms with Gasteiger partial charge in [0.05, 0.1) is 18.8 Å². The van der Waals surface area contributed by atoms with Crippen molar-refractivity contribution in [2.24, 2.45) is 0 Å². The third-order valence-electron chi connectivity index (χ3n) is 3.79. The first kappa shape index (κ1) is 15.0. The molecule has 3 rings (SSSR count). The SMILES string of the molecule is COc1ccc2cc(C(=O)NC(C)c3ccccn3)ccc2c1. The molecule has 1 atom stereocenters. The molecular formula is C19H18N2O2. The Morgan fingerprint density at radius 2 is 1.87 bits per heavy atom. The van der Waals surface area contributed by atoms with Crippen LogP contribution < -0.4 is 10.1 Å². The molecule has 0 aliphatic heterocycles. The van der Waals surface area contributed by atoms with Crippen LogP contribution in [-0.4, -0.2) is 18.0 Å². The summed E-state index contributed by atoms with van der Waals surface area (Å²) in [5.74, 6) is 0.694. The molecule has 0 aliphatic carbocycles. The summed E-state index contributed by atoms with van der Waals surface area (Å²) in [5, 5.41) is 5.02. The summed E-state index contributed by atoms with van der Waals surface area (Å²) in [6.07, 6.45) is 1.72. The lowest BCUT2D eigenvalue weighted by molar-refractivity contribution is 0.0939. The van der Waals surface area contributed by atoms with Gasteiger partial charge in [0.25, 0.3) is 5.91 Å². The monoisotopic (exact) mass is 306 g/mol. The van der Waals surface area contributed by atoms with Gasteiger partial charge in [-0.15, -0.1) is 0 Å². The molecule has 0 saturated heterocycles. The summed E-state index contributed by atoms with van der Waals surface area (Å²) < 4.78 is 5.22. The number of aromatic nitrogens is 1. The minimum absolute atomic E-state index is 0.110. The molecule has 0 aliphatic rings. The minimum Gasteiger partial charge on any atom is -0.497 e. The van der Waals surface area contributed by atoms with Crippen LogP contribution in [0.15, 0.2) is 60.8 Å². The van der Waals surface area contributed by atoms with E-state index in [0.717, 1.165) is 22.2 Å². The van der Waals surface area contributed by atoms with Gasteiger partial charge in [-0.2, -0.15) is 0 Å². The number of hydrogen-bond donors (Lipinski definition) is 1. The van der Waals surface area contributed by atoms with Gasteiger partial charge in [0.1, 0.15) is 5.75 Å². The van der Waals surface area contributed by atoms with Crippen molar-refractivity contribution in [3.05, 3.63) is 72.1 Å². The molecule has 1 N–H and O–H groups in total. The summed E-state index contributed by atoms with van der Waals surface area (Å²) in [5.41, 5.74) is 1.47. The number of carbonyl (C=O) groups is 1. The number of carbonyl (C=O) groups excluding carboxylic acids is 1. The standard InChI is InChI=1S/C19H18N2O2/c1-13(18-5-3-4-10-20-18)21-19(22)16-7-6-15-12-17(23-2)9-8-14(15)11-16/h3-13H,1-2H3,(H,21,22). The highest BCUT2D eigenvalue weighted by atomic mass is 16.5. The molecule has 3 aromatic rings. The predicted octanol–water partition coefficient (Wildman–Crippen LogP) is 3.73. The maximum absolute atomic E-state index is 12.4. The molecule has 0 radical (unpaired) electrons. The smallest absolute Gasteiger partial charge is 0.251 e. The van der Waals surface area contributed by atoms with Crippen LogP contribution >= 0.6 is 0 Å². The van der Waals surface area contributed by atoms with Gasteiger partial charge in [0.2, 0.25) is 0 Å². The number of ether oxygens (including phenoxy) is 1. The van der Waals surface area contributed by atoms with Crippen molar-refractivity contribution in [2.75, 3.05) is 7.11 Å². The van der Waals surface area contributed by atoms with E-state index < -0.39 is 0 Å². The van der Waals surface area contributed by atoms with E-state index in [4.69, 9.17) is 4.74 Å². The van der Waals surface area contributed by atoms with Gasteiger partial charge in [-0.3, -0.25) is 9.78 Å². The first-order chi connectivity index (χ1) is 11.2. The first-order valence-electron chi connectivity index (χ1n) is 7.47. The maximum Gasteiger partial charge on any atom is 0.251 e. The van der Waals surface area contributed by atoms with Crippen LogP contribution in [0, 0.1) is 0 Å². The van der Waals surface area contributed by atoms with Crippen molar-refractivity contribution in [3.8, 4) is 5.75 Å². The summed E-state index contributed by atoms with van der Waals surface area (Å²) >= 11 is 0. The fraction of sp³-hybridized carbons (Fsp3) is 0.158. The Hall–Kier alpha value is -2.88. The zero-order chi connectivity index (χ0) is 16.2. The van der Waals surface area contributed by atoms with Gasteiger partial charge in [-0.05, 0) is 54.1 Å². The van der Waals surface area contributed by atoms with Crippen LogP contribution in [0.5, 0.6) is 5.75 Å². The fourth-order valence-corrected chi connectivity index (χ4v) is 2.48. The van der Waals surface area contributed by atoms with Gasteiger partial charge < -0.3 is 10.1 Å². The average molecular weight is 306 g/mol. The summed E-state index contributed by atoms with van der Waals surface area (Å²) in [6.45, 7) is 1.92. The zero-order valence-electron chi connectivity index (χ0n) is 13.1. The van der Waals surface area contributed by atoms with Crippen LogP contribution in [0.1, 0.15) is 29.0 Å². The van der Waals surface area contributed by atoms with Gasteiger partial charge in [-0.25, -0.2) is 0 Å². The molecule has 0 saturated carbocycles. The van der Waals surface area contributed by atoms with E-state index in [0.29, 0.717) is 5.56 Å². The van der Waals surface area contributed by atoms with E-state index in [1.54, 1.807) is 13.3 Å². The highest BCUT2D eigenvalue weighted by molar-refractivity contribution is 5.99. The van der Waals surface area contributed by atoms with Gasteiger partial charge >= 0.3 is 0 Å². The van der Waals surface area contributed by atoms with E-state index in [2.05, 4.69) is 10.3 Å². The van der Waals surface area contributed by atoms with Gasteiger partial charge in [-0.1, -0.05) is 18.2 Å². The maximum atomic E-state index is 12.4. The number of pyridine rings is 1. The second kappa shape index (κ2) is 6.48. The molecule has 1 aromatic heterocycles. The van der Waals surface area contributed by atoms with Crippen LogP contribution in [0.2, 0.25) is 0 Å². The topological polar surface area (TPSA) is 51.2 Å². The Bertz CT molecular complexity index is 831. The molecule has 4 heteroatoms. The van der Waals surface area contributed by atoms with Gasteiger partial charge in [0.15, 0.2) is 0 Å². The predicted molar refractivity (Wildman–Crippen MR) is 90.6 cm³/mol. The summed E-state index contributed by atoms with van der Waals surface area (Å²) in [6, 6.07) is 17.0. The second-order valence-corrected chi connectivity index (χ2v) is 5.38. The molecule has 23 heavy (non-hydrogen) atoms. The van der Waals surface area contributed by atoms with Crippen molar-refractivity contribution < 1.29 is 9.53 Å². The van der Waals surface area contributed by atoms with Gasteiger partial charge in [0, 0.05) is 11.8 Å². The third-order valence-corrected chi connectivity index (χ3v) is 3.79. The van der Waals surface area contributed by atoms with Crippen LogP contribution in [0.3, 0.4) is 0 Å². The van der Waals surface area contributed by atoms with E-state index >= 15 is 0 Å². The number of nitrogens with zero attached hydrogens (tertiary/aromatic N) is 1. The number of nitrogens with one attached hydrogen (secondary N) is 1. The van der Waals surface area contributed by atoms with Crippen molar-refractivity contribution in [2.45, 2.75) is 13.0 Å². The third kappa shape index (κ3) is 3.31. The number of hydrogen-bond acceptors (Lipinski definition) is 3. The second-order valence-electron chi connectivity index (χ2n) is 5.38. The molecule has 4 nitrogen and oxygen atoms in total. The number of amides is 1. The Balaban J connectivity index is 1.81. The van der Waals surface area contributed by atoms with E-state index in [1.165, 1.54) is 0 Å². The first-order valence-corrected chi connectivity index (χ1v) is 7.47. The quantitative estimate of drug-likeness (QED) is 0.799. The lowest BCUT2D eigenvalue weighted by atomic mass is 10.1. The van der Waals surface area contributed by atoms with E-state index in [1.807, 2.05) is 61.5 Å². The lowest BCUT2D eigenvalue weighted by Crippen LogP contribution is -2.27. The van der Waals surface area contributed by atoms with E-state index in [-0.39, 0.29) is 11.9 Å². The number of rotatable bonds is 4. The highest BCUT2D eigenvalue weighted by Gasteiger charge is 2.12. The molecule has 1 heterocycles. The van der Waals surface area contributed by atoms with Crippen LogP contribution in [-0.2, 0) is 0 Å². The average Bonchev–Trinajstić information content (AvgIpc) is 2.61. The Labute approximate surface area is 135 Å². The minimum atomic E-state index is -0.143. The number of methoxy groups -OCH3 is 1. The largest absolute Gasteiger partial charge is 0.497 e.